The molecule has 0 heterocycles. The van der Waals surface area contributed by atoms with Crippen LogP contribution in [-0.2, 0) is 53.4 Å². The number of rotatable bonds is 3. The molecular formula is C15H14CrO8. The predicted molar refractivity (Wildman–Crippen MR) is 69.1 cm³/mol. The van der Waals surface area contributed by atoms with Gasteiger partial charge < -0.3 is 0 Å². The third-order valence-electron chi connectivity index (χ3n) is 2.17. The van der Waals surface area contributed by atoms with E-state index in [2.05, 4.69) is 49.1 Å². The van der Waals surface area contributed by atoms with Crippen LogP contribution >= 0.6 is 0 Å². The molecule has 0 N–H and O–H groups in total. The molecule has 24 heavy (non-hydrogen) atoms. The summed E-state index contributed by atoms with van der Waals surface area (Å²) < 4.78 is 48.6. The Hall–Kier alpha value is -1.73. The van der Waals surface area contributed by atoms with E-state index in [0.29, 0.717) is 0 Å². The summed E-state index contributed by atoms with van der Waals surface area (Å²) in [6.07, 6.45) is 5.72. The van der Waals surface area contributed by atoms with E-state index < -0.39 is 0 Å². The number of ether oxygens (including phenoxy) is 2. The van der Waals surface area contributed by atoms with Gasteiger partial charge in [-0.15, -0.1) is 0 Å². The third-order valence-corrected chi connectivity index (χ3v) is 2.91. The van der Waals surface area contributed by atoms with Crippen molar-refractivity contribution in [1.29, 1.82) is 0 Å². The third kappa shape index (κ3) is 20.3. The van der Waals surface area contributed by atoms with Crippen LogP contribution in [0.25, 0.3) is 0 Å². The second-order valence-electron chi connectivity index (χ2n) is 3.21. The molecule has 0 aliphatic heterocycles. The summed E-state index contributed by atoms with van der Waals surface area (Å²) in [5, 5.41) is 0. The molecule has 0 radical (unpaired) electrons. The van der Waals surface area contributed by atoms with E-state index in [1.807, 2.05) is 12.2 Å². The second kappa shape index (κ2) is 33.0. The number of methoxy groups -OCH3 is 1. The average molecular weight is 374 g/mol. The van der Waals surface area contributed by atoms with Gasteiger partial charge in [0.05, 0.1) is 0 Å². The Balaban J connectivity index is -0.000000103. The molecule has 2 atom stereocenters. The van der Waals surface area contributed by atoms with Crippen molar-refractivity contribution < 1.29 is 53.4 Å². The molecule has 0 saturated carbocycles. The van der Waals surface area contributed by atoms with Crippen LogP contribution in [0, 0.1) is 39.2 Å². The first-order valence-electron chi connectivity index (χ1n) is 5.59. The zero-order valence-electron chi connectivity index (χ0n) is 12.9. The van der Waals surface area contributed by atoms with Gasteiger partial charge in [0.25, 0.3) is 0 Å². The van der Waals surface area contributed by atoms with Gasteiger partial charge in [-0.25, -0.2) is 0 Å². The summed E-state index contributed by atoms with van der Waals surface area (Å²) >= 11 is 2.87. The minimum absolute atomic E-state index is 0.147. The van der Waals surface area contributed by atoms with Crippen LogP contribution < -0.4 is 0 Å². The van der Waals surface area contributed by atoms with Gasteiger partial charge in [-0.2, -0.15) is 0 Å². The van der Waals surface area contributed by atoms with E-state index in [1.54, 1.807) is 7.11 Å². The van der Waals surface area contributed by atoms with Gasteiger partial charge in [-0.3, -0.25) is 0 Å². The Morgan fingerprint density at radius 3 is 1.79 bits per heavy atom. The van der Waals surface area contributed by atoms with Crippen molar-refractivity contribution in [3.05, 3.63) is 45.4 Å². The first-order valence-corrected chi connectivity index (χ1v) is 6.22. The molecule has 0 spiro atoms. The summed E-state index contributed by atoms with van der Waals surface area (Å²) in [5.74, 6) is -0.107. The van der Waals surface area contributed by atoms with Crippen LogP contribution in [-0.4, -0.2) is 23.7 Å². The van der Waals surface area contributed by atoms with Crippen molar-refractivity contribution >= 4 is 10.5 Å². The summed E-state index contributed by atoms with van der Waals surface area (Å²) in [6.45, 7) is 23.9. The fourth-order valence-corrected chi connectivity index (χ4v) is 1.91. The Morgan fingerprint density at radius 1 is 1.04 bits per heavy atom. The van der Waals surface area contributed by atoms with Crippen molar-refractivity contribution in [3.63, 3.8) is 0 Å². The molecule has 1 aliphatic carbocycles. The molecule has 128 valence electrons. The van der Waals surface area contributed by atoms with E-state index in [-0.39, 0.29) is 18.0 Å². The zero-order valence-corrected chi connectivity index (χ0v) is 14.2. The Bertz CT molecular complexity index is 410. The van der Waals surface area contributed by atoms with Crippen LogP contribution in [0.15, 0.2) is 12.2 Å². The number of hydrogen-bond acceptors (Lipinski definition) is 3. The summed E-state index contributed by atoms with van der Waals surface area (Å²) in [5.41, 5.74) is 0. The molecule has 0 aromatic rings. The van der Waals surface area contributed by atoms with E-state index >= 15 is 0 Å². The quantitative estimate of drug-likeness (QED) is 0.316. The number of esters is 1. The molecule has 1 aliphatic rings. The number of allylic oxidation sites excluding steroid dienone is 1. The molecule has 0 fully saturated rings. The van der Waals surface area contributed by atoms with Crippen LogP contribution in [0.4, 0.5) is 0 Å². The number of carbonyl (C=O) groups is 1. The molecule has 0 amide bonds. The van der Waals surface area contributed by atoms with Crippen LogP contribution in [0.1, 0.15) is 19.8 Å². The molecule has 0 bridgehead atoms. The van der Waals surface area contributed by atoms with Crippen molar-refractivity contribution in [2.24, 2.45) is 5.92 Å². The van der Waals surface area contributed by atoms with Gasteiger partial charge in [0.1, 0.15) is 0 Å². The second-order valence-corrected chi connectivity index (χ2v) is 3.84. The molecule has 8 nitrogen and oxygen atoms in total. The fourth-order valence-electron chi connectivity index (χ4n) is 1.52. The topological polar surface area (TPSA) is 135 Å². The van der Waals surface area contributed by atoms with Crippen LogP contribution in [0.5, 0.6) is 0 Å². The molecule has 0 saturated heterocycles. The molecule has 0 aromatic heterocycles. The SMILES string of the molecule is CO[C](=[Cr])[C@@H]1CCC=C[C@@H]1OC(C)=O.[C-]#[O+].[C-]#[O+].[C-]#[O+].[C-]#[O+].[C-]#[O+]. The van der Waals surface area contributed by atoms with E-state index in [4.69, 9.17) is 32.7 Å². The molecule has 0 unspecified atom stereocenters. The van der Waals surface area contributed by atoms with Crippen molar-refractivity contribution in [3.8, 4) is 0 Å². The maximum absolute atomic E-state index is 10.9. The summed E-state index contributed by atoms with van der Waals surface area (Å²) in [6, 6.07) is 0. The fraction of sp³-hybridized carbons (Fsp3) is 0.400. The Kier molecular flexibility index (Phi) is 46.5. The minimum atomic E-state index is -0.254. The van der Waals surface area contributed by atoms with Crippen molar-refractivity contribution in [2.45, 2.75) is 25.9 Å². The van der Waals surface area contributed by atoms with Gasteiger partial charge >= 0.3 is 148 Å². The molecule has 1 rings (SSSR count). The van der Waals surface area contributed by atoms with E-state index in [9.17, 15) is 4.79 Å². The van der Waals surface area contributed by atoms with Gasteiger partial charge in [-0.05, 0) is 0 Å². The molecule has 9 heteroatoms. The van der Waals surface area contributed by atoms with E-state index in [0.717, 1.165) is 17.4 Å². The normalized spacial score (nSPS) is 15.5. The van der Waals surface area contributed by atoms with Gasteiger partial charge in [0.15, 0.2) is 0 Å². The average Bonchev–Trinajstić information content (AvgIpc) is 2.69. The Morgan fingerprint density at radius 2 is 1.46 bits per heavy atom. The first kappa shape index (κ1) is 33.8. The van der Waals surface area contributed by atoms with Gasteiger partial charge in [0, 0.05) is 0 Å². The van der Waals surface area contributed by atoms with Crippen molar-refractivity contribution in [1.82, 2.24) is 0 Å². The predicted octanol–water partition coefficient (Wildman–Crippen LogP) is 1.02. The number of hydrogen-bond donors (Lipinski definition) is 0. The standard InChI is InChI=1S/C10H14O3.5CO.Cr/c1-8(11)13-10-6-4-3-5-9(10)7-12-2;5*1-2;/h4,6,9-10H,3,5H2,1-2H3;;;;;;/t9-,10-;;;;;;/m0....../s1. The zero-order chi connectivity index (χ0) is 20.6. The van der Waals surface area contributed by atoms with Crippen LogP contribution in [0.3, 0.4) is 0 Å². The number of carbonyl (C=O) groups excluding carboxylic acids is 1. The first-order chi connectivity index (χ1) is 11.6. The van der Waals surface area contributed by atoms with Gasteiger partial charge in [0.2, 0.25) is 0 Å². The van der Waals surface area contributed by atoms with Crippen molar-refractivity contribution in [2.75, 3.05) is 7.11 Å². The molecule has 0 aromatic carbocycles. The van der Waals surface area contributed by atoms with Crippen LogP contribution in [0.2, 0.25) is 0 Å². The Labute approximate surface area is 148 Å². The van der Waals surface area contributed by atoms with E-state index in [1.165, 1.54) is 6.92 Å². The molecular weight excluding hydrogens is 360 g/mol. The maximum atomic E-state index is 10.9. The monoisotopic (exact) mass is 374 g/mol. The summed E-state index contributed by atoms with van der Waals surface area (Å²) in [7, 11) is 1.62. The summed E-state index contributed by atoms with van der Waals surface area (Å²) in [4.78, 5) is 10.9. The van der Waals surface area contributed by atoms with Gasteiger partial charge in [-0.1, -0.05) is 0 Å².